The summed E-state index contributed by atoms with van der Waals surface area (Å²) in [5.41, 5.74) is 0. The third kappa shape index (κ3) is 2.34. The average molecular weight is 212 g/mol. The Hall–Kier alpha value is 0.200. The van der Waals surface area contributed by atoms with E-state index < -0.39 is 9.24 Å². The van der Waals surface area contributed by atoms with Crippen molar-refractivity contribution < 1.29 is 8.42 Å². The van der Waals surface area contributed by atoms with Crippen LogP contribution in [0.1, 0.15) is 20.3 Å². The molecule has 72 valence electrons. The highest BCUT2D eigenvalue weighted by atomic mass is 35.7. The number of hydrogen-bond donors (Lipinski definition) is 0. The van der Waals surface area contributed by atoms with Gasteiger partial charge < -0.3 is 0 Å². The molecule has 1 heterocycles. The molecule has 1 saturated heterocycles. The minimum Gasteiger partial charge on any atom is -0.195 e. The Balaban J connectivity index is 2.58. The van der Waals surface area contributed by atoms with Crippen molar-refractivity contribution >= 4 is 19.9 Å². The van der Waals surface area contributed by atoms with E-state index in [1.54, 1.807) is 0 Å². The van der Waals surface area contributed by atoms with Gasteiger partial charge in [-0.3, -0.25) is 0 Å². The lowest BCUT2D eigenvalue weighted by molar-refractivity contribution is 0.391. The second kappa shape index (κ2) is 3.52. The summed E-state index contributed by atoms with van der Waals surface area (Å²) in [4.78, 5) is 0. The van der Waals surface area contributed by atoms with Crippen LogP contribution >= 0.6 is 10.7 Å². The van der Waals surface area contributed by atoms with Crippen molar-refractivity contribution in [3.8, 4) is 0 Å². The third-order valence-electron chi connectivity index (χ3n) is 2.44. The van der Waals surface area contributed by atoms with Gasteiger partial charge in [0.05, 0.1) is 0 Å². The maximum absolute atomic E-state index is 10.9. The first-order valence-electron chi connectivity index (χ1n) is 4.11. The fourth-order valence-corrected chi connectivity index (χ4v) is 2.57. The lowest BCUT2D eigenvalue weighted by Crippen LogP contribution is -2.25. The van der Waals surface area contributed by atoms with Crippen molar-refractivity contribution in [3.05, 3.63) is 0 Å². The first-order chi connectivity index (χ1) is 5.41. The van der Waals surface area contributed by atoms with Gasteiger partial charge in [0.2, 0.25) is 0 Å². The van der Waals surface area contributed by atoms with Gasteiger partial charge in [0.1, 0.15) is 0 Å². The van der Waals surface area contributed by atoms with E-state index in [0.717, 1.165) is 6.42 Å². The van der Waals surface area contributed by atoms with Crippen LogP contribution in [0.3, 0.4) is 0 Å². The van der Waals surface area contributed by atoms with Gasteiger partial charge in [-0.15, -0.1) is 0 Å². The number of rotatable bonds is 2. The molecule has 0 amide bonds. The Kier molecular flexibility index (Phi) is 3.01. The second-order valence-electron chi connectivity index (χ2n) is 3.59. The van der Waals surface area contributed by atoms with Crippen molar-refractivity contribution in [3.63, 3.8) is 0 Å². The molecule has 1 unspecified atom stereocenters. The largest absolute Gasteiger partial charge is 0.299 e. The maximum Gasteiger partial charge on any atom is 0.299 e. The molecular formula is C7H14ClNO2S. The maximum atomic E-state index is 10.9. The summed E-state index contributed by atoms with van der Waals surface area (Å²) in [6, 6.07) is 0. The fourth-order valence-electron chi connectivity index (χ4n) is 1.50. The van der Waals surface area contributed by atoms with Crippen molar-refractivity contribution in [1.82, 2.24) is 4.31 Å². The van der Waals surface area contributed by atoms with Crippen LogP contribution in [-0.2, 0) is 9.24 Å². The van der Waals surface area contributed by atoms with Crippen molar-refractivity contribution in [2.24, 2.45) is 11.8 Å². The number of hydrogen-bond acceptors (Lipinski definition) is 2. The zero-order valence-electron chi connectivity index (χ0n) is 7.33. The monoisotopic (exact) mass is 211 g/mol. The highest BCUT2D eigenvalue weighted by Crippen LogP contribution is 2.26. The van der Waals surface area contributed by atoms with Crippen LogP contribution in [0.2, 0.25) is 0 Å². The lowest BCUT2D eigenvalue weighted by atomic mass is 9.96. The lowest BCUT2D eigenvalue weighted by Gasteiger charge is -2.14. The predicted molar refractivity (Wildman–Crippen MR) is 49.3 cm³/mol. The number of halogens is 1. The van der Waals surface area contributed by atoms with Gasteiger partial charge in [-0.1, -0.05) is 13.8 Å². The van der Waals surface area contributed by atoms with Crippen LogP contribution in [0.15, 0.2) is 0 Å². The van der Waals surface area contributed by atoms with Crippen LogP contribution in [0.4, 0.5) is 0 Å². The quantitative estimate of drug-likeness (QED) is 0.649. The fraction of sp³-hybridized carbons (Fsp3) is 1.00. The molecule has 0 aromatic rings. The summed E-state index contributed by atoms with van der Waals surface area (Å²) in [6.45, 7) is 5.38. The number of nitrogens with zero attached hydrogens (tertiary/aromatic N) is 1. The first kappa shape index (κ1) is 10.3. The molecule has 3 nitrogen and oxygen atoms in total. The summed E-state index contributed by atoms with van der Waals surface area (Å²) < 4.78 is 23.1. The van der Waals surface area contributed by atoms with E-state index in [-0.39, 0.29) is 0 Å². The van der Waals surface area contributed by atoms with Crippen LogP contribution in [0, 0.1) is 11.8 Å². The van der Waals surface area contributed by atoms with E-state index in [9.17, 15) is 8.42 Å². The molecule has 0 bridgehead atoms. The van der Waals surface area contributed by atoms with Crippen LogP contribution in [0.25, 0.3) is 0 Å². The van der Waals surface area contributed by atoms with E-state index >= 15 is 0 Å². The topological polar surface area (TPSA) is 37.4 Å². The molecule has 1 aliphatic heterocycles. The highest BCUT2D eigenvalue weighted by molar-refractivity contribution is 8.11. The molecule has 0 radical (unpaired) electrons. The third-order valence-corrected chi connectivity index (χ3v) is 3.97. The standard InChI is InChI=1S/C7H14ClNO2S/c1-6(2)7-3-4-9(5-7)12(8,10)11/h6-7H,3-5H2,1-2H3. The van der Waals surface area contributed by atoms with E-state index in [2.05, 4.69) is 13.8 Å². The summed E-state index contributed by atoms with van der Waals surface area (Å²) in [5, 5.41) is 0. The van der Waals surface area contributed by atoms with Crippen molar-refractivity contribution in [1.29, 1.82) is 0 Å². The van der Waals surface area contributed by atoms with E-state index in [0.29, 0.717) is 24.9 Å². The Bertz CT molecular complexity index is 250. The SMILES string of the molecule is CC(C)C1CCN(S(=O)(=O)Cl)C1. The molecule has 0 spiro atoms. The van der Waals surface area contributed by atoms with Crippen LogP contribution in [0.5, 0.6) is 0 Å². The Labute approximate surface area is 78.3 Å². The molecule has 0 aromatic heterocycles. The Morgan fingerprint density at radius 2 is 2.08 bits per heavy atom. The summed E-state index contributed by atoms with van der Waals surface area (Å²) in [7, 11) is 1.74. The molecule has 0 N–H and O–H groups in total. The average Bonchev–Trinajstić information content (AvgIpc) is 2.30. The van der Waals surface area contributed by atoms with Gasteiger partial charge in [0, 0.05) is 23.8 Å². The molecular weight excluding hydrogens is 198 g/mol. The highest BCUT2D eigenvalue weighted by Gasteiger charge is 2.31. The molecule has 0 saturated carbocycles. The minimum absolute atomic E-state index is 0.471. The summed E-state index contributed by atoms with van der Waals surface area (Å²) >= 11 is 0. The predicted octanol–water partition coefficient (Wildman–Crippen LogP) is 1.45. The van der Waals surface area contributed by atoms with Gasteiger partial charge >= 0.3 is 0 Å². The van der Waals surface area contributed by atoms with Gasteiger partial charge in [0.25, 0.3) is 9.24 Å². The minimum atomic E-state index is -3.46. The van der Waals surface area contributed by atoms with E-state index in [1.165, 1.54) is 4.31 Å². The molecule has 12 heavy (non-hydrogen) atoms. The van der Waals surface area contributed by atoms with E-state index in [1.807, 2.05) is 0 Å². The smallest absolute Gasteiger partial charge is 0.195 e. The molecule has 1 fully saturated rings. The molecule has 5 heteroatoms. The first-order valence-corrected chi connectivity index (χ1v) is 6.37. The molecule has 1 rings (SSSR count). The van der Waals surface area contributed by atoms with Crippen molar-refractivity contribution in [2.45, 2.75) is 20.3 Å². The van der Waals surface area contributed by atoms with Gasteiger partial charge in [0.15, 0.2) is 0 Å². The molecule has 0 aromatic carbocycles. The summed E-state index contributed by atoms with van der Waals surface area (Å²) in [6.07, 6.45) is 0.934. The normalized spacial score (nSPS) is 26.8. The Morgan fingerprint density at radius 1 is 1.50 bits per heavy atom. The molecule has 0 aliphatic carbocycles. The van der Waals surface area contributed by atoms with Crippen LogP contribution in [-0.4, -0.2) is 25.8 Å². The van der Waals surface area contributed by atoms with Gasteiger partial charge in [-0.2, -0.15) is 12.7 Å². The van der Waals surface area contributed by atoms with Crippen molar-refractivity contribution in [2.75, 3.05) is 13.1 Å². The van der Waals surface area contributed by atoms with Gasteiger partial charge in [-0.25, -0.2) is 0 Å². The van der Waals surface area contributed by atoms with E-state index in [4.69, 9.17) is 10.7 Å². The molecule has 1 aliphatic rings. The zero-order chi connectivity index (χ0) is 9.35. The second-order valence-corrected chi connectivity index (χ2v) is 6.10. The van der Waals surface area contributed by atoms with Gasteiger partial charge in [-0.05, 0) is 18.3 Å². The molecule has 1 atom stereocenters. The Morgan fingerprint density at radius 3 is 2.33 bits per heavy atom. The zero-order valence-corrected chi connectivity index (χ0v) is 8.90. The summed E-state index contributed by atoms with van der Waals surface area (Å²) in [5.74, 6) is 1.01. The van der Waals surface area contributed by atoms with Crippen LogP contribution < -0.4 is 0 Å².